The fraction of sp³-hybridized carbons (Fsp3) is 0.375. The van der Waals surface area contributed by atoms with Crippen LogP contribution in [-0.2, 0) is 0 Å². The smallest absolute Gasteiger partial charge is 0.227 e. The average Bonchev–Trinajstić information content (AvgIpc) is 2.83. The topological polar surface area (TPSA) is 55.1 Å². The second-order valence-corrected chi connectivity index (χ2v) is 3.22. The Balaban J connectivity index is 2.09. The number of nitrogens with one attached hydrogen (secondary N) is 1. The SMILES string of the molecule is c1nc(NC2CC2)n2nccc2n1. The molecule has 3 rings (SSSR count). The molecule has 66 valence electrons. The first-order valence-corrected chi connectivity index (χ1v) is 4.35. The molecule has 2 aromatic rings. The van der Waals surface area contributed by atoms with Crippen molar-refractivity contribution in [3.05, 3.63) is 18.6 Å². The highest BCUT2D eigenvalue weighted by atomic mass is 15.3. The van der Waals surface area contributed by atoms with Crippen molar-refractivity contribution in [1.82, 2.24) is 19.6 Å². The summed E-state index contributed by atoms with van der Waals surface area (Å²) >= 11 is 0. The Morgan fingerprint density at radius 1 is 1.38 bits per heavy atom. The molecule has 1 aliphatic rings. The molecule has 0 aliphatic heterocycles. The first-order chi connectivity index (χ1) is 6.43. The lowest BCUT2D eigenvalue weighted by Crippen LogP contribution is -2.09. The molecular formula is C8H9N5. The lowest BCUT2D eigenvalue weighted by molar-refractivity contribution is 0.880. The zero-order chi connectivity index (χ0) is 8.67. The van der Waals surface area contributed by atoms with Gasteiger partial charge < -0.3 is 5.32 Å². The first-order valence-electron chi connectivity index (χ1n) is 4.35. The molecule has 1 aliphatic carbocycles. The molecule has 0 amide bonds. The van der Waals surface area contributed by atoms with Crippen LogP contribution < -0.4 is 5.32 Å². The van der Waals surface area contributed by atoms with E-state index in [0.717, 1.165) is 11.6 Å². The average molecular weight is 175 g/mol. The molecule has 0 bridgehead atoms. The summed E-state index contributed by atoms with van der Waals surface area (Å²) < 4.78 is 1.72. The summed E-state index contributed by atoms with van der Waals surface area (Å²) in [5.74, 6) is 0.789. The van der Waals surface area contributed by atoms with Gasteiger partial charge in [-0.3, -0.25) is 0 Å². The van der Waals surface area contributed by atoms with Crippen LogP contribution in [0.4, 0.5) is 5.95 Å². The first kappa shape index (κ1) is 6.82. The van der Waals surface area contributed by atoms with E-state index >= 15 is 0 Å². The van der Waals surface area contributed by atoms with Crippen LogP contribution in [0.15, 0.2) is 18.6 Å². The number of nitrogens with zero attached hydrogens (tertiary/aromatic N) is 4. The summed E-state index contributed by atoms with van der Waals surface area (Å²) in [5.41, 5.74) is 0.832. The Hall–Kier alpha value is -1.65. The largest absolute Gasteiger partial charge is 0.351 e. The predicted octanol–water partition coefficient (Wildman–Crippen LogP) is 0.699. The fourth-order valence-electron chi connectivity index (χ4n) is 1.26. The van der Waals surface area contributed by atoms with Crippen molar-refractivity contribution in [3.63, 3.8) is 0 Å². The van der Waals surface area contributed by atoms with Crippen molar-refractivity contribution < 1.29 is 0 Å². The summed E-state index contributed by atoms with van der Waals surface area (Å²) in [7, 11) is 0. The van der Waals surface area contributed by atoms with Crippen molar-refractivity contribution in [1.29, 1.82) is 0 Å². The van der Waals surface area contributed by atoms with E-state index in [0.29, 0.717) is 6.04 Å². The lowest BCUT2D eigenvalue weighted by atomic mass is 10.6. The molecule has 0 aromatic carbocycles. The molecule has 5 heteroatoms. The zero-order valence-corrected chi connectivity index (χ0v) is 7.01. The molecular weight excluding hydrogens is 166 g/mol. The molecule has 2 aromatic heterocycles. The van der Waals surface area contributed by atoms with Crippen molar-refractivity contribution in [2.45, 2.75) is 18.9 Å². The maximum atomic E-state index is 4.14. The Labute approximate surface area is 74.8 Å². The summed E-state index contributed by atoms with van der Waals surface area (Å²) in [6, 6.07) is 2.45. The van der Waals surface area contributed by atoms with Gasteiger partial charge in [0.1, 0.15) is 6.33 Å². The minimum absolute atomic E-state index is 0.585. The van der Waals surface area contributed by atoms with Crippen molar-refractivity contribution in [2.75, 3.05) is 5.32 Å². The summed E-state index contributed by atoms with van der Waals surface area (Å²) in [5, 5.41) is 7.42. The van der Waals surface area contributed by atoms with Crippen LogP contribution in [0, 0.1) is 0 Å². The molecule has 1 N–H and O–H groups in total. The van der Waals surface area contributed by atoms with E-state index in [1.54, 1.807) is 17.0 Å². The molecule has 1 saturated carbocycles. The van der Waals surface area contributed by atoms with Gasteiger partial charge in [0.2, 0.25) is 5.95 Å². The molecule has 1 fully saturated rings. The van der Waals surface area contributed by atoms with Crippen molar-refractivity contribution in [2.24, 2.45) is 0 Å². The lowest BCUT2D eigenvalue weighted by Gasteiger charge is -2.03. The van der Waals surface area contributed by atoms with Gasteiger partial charge in [-0.05, 0) is 12.8 Å². The van der Waals surface area contributed by atoms with Crippen LogP contribution in [0.5, 0.6) is 0 Å². The van der Waals surface area contributed by atoms with Crippen molar-refractivity contribution >= 4 is 11.6 Å². The number of hydrogen-bond donors (Lipinski definition) is 1. The van der Waals surface area contributed by atoms with Gasteiger partial charge in [-0.25, -0.2) is 9.97 Å². The molecule has 0 spiro atoms. The molecule has 0 saturated heterocycles. The predicted molar refractivity (Wildman–Crippen MR) is 47.4 cm³/mol. The minimum atomic E-state index is 0.585. The molecule has 5 nitrogen and oxygen atoms in total. The highest BCUT2D eigenvalue weighted by molar-refractivity contribution is 5.42. The Bertz CT molecular complexity index is 431. The number of aromatic nitrogens is 4. The second-order valence-electron chi connectivity index (χ2n) is 3.22. The molecule has 0 radical (unpaired) electrons. The van der Waals surface area contributed by atoms with Gasteiger partial charge in [0, 0.05) is 12.1 Å². The third-order valence-corrected chi connectivity index (χ3v) is 2.10. The molecule has 2 heterocycles. The van der Waals surface area contributed by atoms with E-state index in [1.165, 1.54) is 12.8 Å². The van der Waals surface area contributed by atoms with E-state index in [-0.39, 0.29) is 0 Å². The Kier molecular flexibility index (Phi) is 1.27. The van der Waals surface area contributed by atoms with Gasteiger partial charge in [0.05, 0.1) is 6.20 Å². The van der Waals surface area contributed by atoms with Crippen LogP contribution in [0.25, 0.3) is 5.65 Å². The molecule has 13 heavy (non-hydrogen) atoms. The van der Waals surface area contributed by atoms with Gasteiger partial charge in [-0.15, -0.1) is 0 Å². The van der Waals surface area contributed by atoms with Gasteiger partial charge in [-0.2, -0.15) is 9.61 Å². The standard InChI is InChI=1S/C8H9N5/c1-2-6(1)12-8-10-5-9-7-3-4-11-13(7)8/h3-6H,1-2H2,(H,9,10,12). The van der Waals surface area contributed by atoms with Crippen molar-refractivity contribution in [3.8, 4) is 0 Å². The summed E-state index contributed by atoms with van der Waals surface area (Å²) in [6.07, 6.45) is 5.74. The maximum absolute atomic E-state index is 4.14. The van der Waals surface area contributed by atoms with Crippen LogP contribution in [-0.4, -0.2) is 25.6 Å². The van der Waals surface area contributed by atoms with Gasteiger partial charge in [0.15, 0.2) is 5.65 Å². The third kappa shape index (κ3) is 1.12. The van der Waals surface area contributed by atoms with Crippen LogP contribution in [0.2, 0.25) is 0 Å². The van der Waals surface area contributed by atoms with E-state index in [4.69, 9.17) is 0 Å². The number of fused-ring (bicyclic) bond motifs is 1. The maximum Gasteiger partial charge on any atom is 0.227 e. The van der Waals surface area contributed by atoms with E-state index in [2.05, 4.69) is 20.4 Å². The van der Waals surface area contributed by atoms with Gasteiger partial charge in [0.25, 0.3) is 0 Å². The molecule has 0 atom stereocenters. The van der Waals surface area contributed by atoms with Gasteiger partial charge in [-0.1, -0.05) is 0 Å². The zero-order valence-electron chi connectivity index (χ0n) is 7.01. The number of rotatable bonds is 2. The second kappa shape index (κ2) is 2.42. The fourth-order valence-corrected chi connectivity index (χ4v) is 1.26. The highest BCUT2D eigenvalue weighted by Gasteiger charge is 2.22. The summed E-state index contributed by atoms with van der Waals surface area (Å²) in [4.78, 5) is 8.22. The highest BCUT2D eigenvalue weighted by Crippen LogP contribution is 2.23. The normalized spacial score (nSPS) is 16.3. The number of anilines is 1. The van der Waals surface area contributed by atoms with Crippen LogP contribution in [0.1, 0.15) is 12.8 Å². The van der Waals surface area contributed by atoms with E-state index in [9.17, 15) is 0 Å². The Morgan fingerprint density at radius 2 is 2.31 bits per heavy atom. The van der Waals surface area contributed by atoms with Crippen LogP contribution >= 0.6 is 0 Å². The summed E-state index contributed by atoms with van der Waals surface area (Å²) in [6.45, 7) is 0. The number of hydrogen-bond acceptors (Lipinski definition) is 4. The molecule has 0 unspecified atom stereocenters. The minimum Gasteiger partial charge on any atom is -0.351 e. The van der Waals surface area contributed by atoms with E-state index in [1.807, 2.05) is 6.07 Å². The monoisotopic (exact) mass is 175 g/mol. The van der Waals surface area contributed by atoms with E-state index < -0.39 is 0 Å². The quantitative estimate of drug-likeness (QED) is 0.729. The van der Waals surface area contributed by atoms with Crippen LogP contribution in [0.3, 0.4) is 0 Å². The van der Waals surface area contributed by atoms with Gasteiger partial charge >= 0.3 is 0 Å². The third-order valence-electron chi connectivity index (χ3n) is 2.10. The Morgan fingerprint density at radius 3 is 3.15 bits per heavy atom.